The van der Waals surface area contributed by atoms with Crippen LogP contribution < -0.4 is 10.9 Å². The number of hydrogen-bond acceptors (Lipinski definition) is 4. The number of nitrogens with one attached hydrogen (secondary N) is 1. The van der Waals surface area contributed by atoms with E-state index in [2.05, 4.69) is 15.3 Å². The molecule has 6 heteroatoms. The number of carbonyl (C=O) groups is 1. The van der Waals surface area contributed by atoms with Gasteiger partial charge in [0, 0.05) is 23.3 Å². The Kier molecular flexibility index (Phi) is 4.14. The average Bonchev–Trinajstić information content (AvgIpc) is 2.57. The second-order valence-electron chi connectivity index (χ2n) is 5.12. The number of aryl methyl sites for hydroxylation is 1. The standard InChI is InChI=1S/C17H16N4O2/c1-2-12-9-17(23)21(11-19-12)10-16(22)20-15-7-3-6-14-13(15)5-4-8-18-14/h3-9,11H,2,10H2,1H3,(H,20,22). The summed E-state index contributed by atoms with van der Waals surface area (Å²) in [6.07, 6.45) is 3.80. The minimum atomic E-state index is -0.283. The van der Waals surface area contributed by atoms with Gasteiger partial charge in [-0.05, 0) is 30.7 Å². The quantitative estimate of drug-likeness (QED) is 0.799. The Morgan fingerprint density at radius 2 is 2.09 bits per heavy atom. The molecule has 0 fully saturated rings. The maximum Gasteiger partial charge on any atom is 0.253 e. The number of amides is 1. The molecule has 116 valence electrons. The van der Waals surface area contributed by atoms with Crippen LogP contribution in [-0.4, -0.2) is 20.4 Å². The molecule has 0 saturated carbocycles. The van der Waals surface area contributed by atoms with E-state index in [1.165, 1.54) is 17.0 Å². The molecule has 0 spiro atoms. The first-order chi connectivity index (χ1) is 11.2. The number of fused-ring (bicyclic) bond motifs is 1. The fraction of sp³-hybridized carbons (Fsp3) is 0.176. The molecule has 6 nitrogen and oxygen atoms in total. The molecule has 3 aromatic rings. The van der Waals surface area contributed by atoms with Crippen molar-refractivity contribution in [2.45, 2.75) is 19.9 Å². The summed E-state index contributed by atoms with van der Waals surface area (Å²) in [4.78, 5) is 32.5. The van der Waals surface area contributed by atoms with E-state index in [0.29, 0.717) is 17.8 Å². The van der Waals surface area contributed by atoms with Crippen LogP contribution in [0.3, 0.4) is 0 Å². The summed E-state index contributed by atoms with van der Waals surface area (Å²) in [6, 6.07) is 10.7. The topological polar surface area (TPSA) is 76.9 Å². The minimum Gasteiger partial charge on any atom is -0.324 e. The molecular weight excluding hydrogens is 292 g/mol. The fourth-order valence-electron chi connectivity index (χ4n) is 2.33. The van der Waals surface area contributed by atoms with Crippen LogP contribution in [0.5, 0.6) is 0 Å². The number of aromatic nitrogens is 3. The van der Waals surface area contributed by atoms with Crippen molar-refractivity contribution in [1.82, 2.24) is 14.5 Å². The highest BCUT2D eigenvalue weighted by Crippen LogP contribution is 2.21. The molecule has 0 aliphatic carbocycles. The normalized spacial score (nSPS) is 10.7. The highest BCUT2D eigenvalue weighted by atomic mass is 16.2. The van der Waals surface area contributed by atoms with Gasteiger partial charge in [0.25, 0.3) is 5.56 Å². The van der Waals surface area contributed by atoms with Crippen LogP contribution in [-0.2, 0) is 17.8 Å². The number of pyridine rings is 1. The summed E-state index contributed by atoms with van der Waals surface area (Å²) >= 11 is 0. The first-order valence-electron chi connectivity index (χ1n) is 7.36. The third kappa shape index (κ3) is 3.26. The third-order valence-electron chi connectivity index (χ3n) is 3.53. The lowest BCUT2D eigenvalue weighted by atomic mass is 10.2. The van der Waals surface area contributed by atoms with Crippen LogP contribution >= 0.6 is 0 Å². The van der Waals surface area contributed by atoms with E-state index in [1.54, 1.807) is 6.20 Å². The number of benzene rings is 1. The number of hydrogen-bond donors (Lipinski definition) is 1. The summed E-state index contributed by atoms with van der Waals surface area (Å²) < 4.78 is 1.29. The lowest BCUT2D eigenvalue weighted by molar-refractivity contribution is -0.116. The second-order valence-corrected chi connectivity index (χ2v) is 5.12. The number of carbonyl (C=O) groups excluding carboxylic acids is 1. The molecule has 0 radical (unpaired) electrons. The van der Waals surface area contributed by atoms with Crippen LogP contribution in [0.1, 0.15) is 12.6 Å². The molecule has 1 aromatic carbocycles. The first-order valence-corrected chi connectivity index (χ1v) is 7.36. The highest BCUT2D eigenvalue weighted by Gasteiger charge is 2.08. The summed E-state index contributed by atoms with van der Waals surface area (Å²) in [5.41, 5.74) is 1.96. The fourth-order valence-corrected chi connectivity index (χ4v) is 2.33. The van der Waals surface area contributed by atoms with Gasteiger partial charge in [0.2, 0.25) is 5.91 Å². The van der Waals surface area contributed by atoms with Crippen molar-refractivity contribution in [3.63, 3.8) is 0 Å². The number of nitrogens with zero attached hydrogens (tertiary/aromatic N) is 3. The van der Waals surface area contributed by atoms with Gasteiger partial charge in [-0.2, -0.15) is 0 Å². The number of rotatable bonds is 4. The van der Waals surface area contributed by atoms with E-state index < -0.39 is 0 Å². The van der Waals surface area contributed by atoms with Crippen LogP contribution in [0.2, 0.25) is 0 Å². The molecule has 0 atom stereocenters. The Bertz CT molecular complexity index is 912. The molecule has 1 N–H and O–H groups in total. The second kappa shape index (κ2) is 6.39. The van der Waals surface area contributed by atoms with Crippen molar-refractivity contribution in [3.8, 4) is 0 Å². The van der Waals surface area contributed by atoms with Gasteiger partial charge in [-0.15, -0.1) is 0 Å². The van der Waals surface area contributed by atoms with Gasteiger partial charge in [0.1, 0.15) is 6.54 Å². The van der Waals surface area contributed by atoms with Crippen molar-refractivity contribution in [1.29, 1.82) is 0 Å². The molecule has 0 saturated heterocycles. The van der Waals surface area contributed by atoms with Gasteiger partial charge in [-0.25, -0.2) is 4.98 Å². The van der Waals surface area contributed by atoms with Crippen molar-refractivity contribution >= 4 is 22.5 Å². The molecule has 2 aromatic heterocycles. The summed E-state index contributed by atoms with van der Waals surface area (Å²) in [7, 11) is 0. The maximum absolute atomic E-state index is 12.2. The number of anilines is 1. The average molecular weight is 308 g/mol. The zero-order chi connectivity index (χ0) is 16.2. The van der Waals surface area contributed by atoms with Crippen molar-refractivity contribution in [3.05, 3.63) is 65.0 Å². The highest BCUT2D eigenvalue weighted by molar-refractivity contribution is 6.00. The molecule has 0 unspecified atom stereocenters. The molecule has 3 rings (SSSR count). The van der Waals surface area contributed by atoms with Gasteiger partial charge in [-0.3, -0.25) is 19.1 Å². The maximum atomic E-state index is 12.2. The largest absolute Gasteiger partial charge is 0.324 e. The monoisotopic (exact) mass is 308 g/mol. The molecule has 2 heterocycles. The Morgan fingerprint density at radius 1 is 1.22 bits per heavy atom. The van der Waals surface area contributed by atoms with Crippen LogP contribution in [0.4, 0.5) is 5.69 Å². The lowest BCUT2D eigenvalue weighted by Gasteiger charge is -2.09. The van der Waals surface area contributed by atoms with Crippen LogP contribution in [0, 0.1) is 0 Å². The molecular formula is C17H16N4O2. The van der Waals surface area contributed by atoms with E-state index in [4.69, 9.17) is 0 Å². The molecule has 0 aliphatic rings. The van der Waals surface area contributed by atoms with Gasteiger partial charge < -0.3 is 5.32 Å². The van der Waals surface area contributed by atoms with Crippen molar-refractivity contribution in [2.75, 3.05) is 5.32 Å². The predicted octanol–water partition coefficient (Wildman–Crippen LogP) is 1.99. The van der Waals surface area contributed by atoms with Crippen molar-refractivity contribution < 1.29 is 4.79 Å². The zero-order valence-corrected chi connectivity index (χ0v) is 12.7. The summed E-state index contributed by atoms with van der Waals surface area (Å²) in [5, 5.41) is 3.68. The van der Waals surface area contributed by atoms with Gasteiger partial charge in [0.15, 0.2) is 0 Å². The van der Waals surface area contributed by atoms with E-state index in [0.717, 1.165) is 10.9 Å². The molecule has 23 heavy (non-hydrogen) atoms. The summed E-state index contributed by atoms with van der Waals surface area (Å²) in [6.45, 7) is 1.85. The smallest absolute Gasteiger partial charge is 0.253 e. The predicted molar refractivity (Wildman–Crippen MR) is 88.2 cm³/mol. The molecule has 0 bridgehead atoms. The van der Waals surface area contributed by atoms with Crippen LogP contribution in [0.25, 0.3) is 10.9 Å². The molecule has 1 amide bonds. The van der Waals surface area contributed by atoms with E-state index in [1.807, 2.05) is 37.3 Å². The van der Waals surface area contributed by atoms with Gasteiger partial charge >= 0.3 is 0 Å². The molecule has 0 aliphatic heterocycles. The third-order valence-corrected chi connectivity index (χ3v) is 3.53. The van der Waals surface area contributed by atoms with E-state index >= 15 is 0 Å². The van der Waals surface area contributed by atoms with E-state index in [-0.39, 0.29) is 18.0 Å². The van der Waals surface area contributed by atoms with E-state index in [9.17, 15) is 9.59 Å². The van der Waals surface area contributed by atoms with Crippen molar-refractivity contribution in [2.24, 2.45) is 0 Å². The lowest BCUT2D eigenvalue weighted by Crippen LogP contribution is -2.27. The minimum absolute atomic E-state index is 0.0769. The first kappa shape index (κ1) is 14.9. The van der Waals surface area contributed by atoms with Gasteiger partial charge in [-0.1, -0.05) is 13.0 Å². The zero-order valence-electron chi connectivity index (χ0n) is 12.7. The summed E-state index contributed by atoms with van der Waals surface area (Å²) in [5.74, 6) is -0.283. The van der Waals surface area contributed by atoms with Crippen LogP contribution in [0.15, 0.2) is 53.7 Å². The Morgan fingerprint density at radius 3 is 2.87 bits per heavy atom. The Balaban J connectivity index is 1.80. The Labute approximate surface area is 132 Å². The SMILES string of the molecule is CCc1cc(=O)n(CC(=O)Nc2cccc3ncccc23)cn1. The Hall–Kier alpha value is -3.02. The van der Waals surface area contributed by atoms with Gasteiger partial charge in [0.05, 0.1) is 17.5 Å².